The third-order valence-electron chi connectivity index (χ3n) is 2.52. The lowest BCUT2D eigenvalue weighted by atomic mass is 10.1. The van der Waals surface area contributed by atoms with Crippen LogP contribution < -0.4 is 10.6 Å². The lowest BCUT2D eigenvalue weighted by Crippen LogP contribution is -2.17. The summed E-state index contributed by atoms with van der Waals surface area (Å²) in [5.74, 6) is -0.101. The Balaban J connectivity index is 2.75. The molecular weight excluding hydrogens is 231 g/mol. The van der Waals surface area contributed by atoms with Gasteiger partial charge in [-0.05, 0) is 37.5 Å². The Kier molecular flexibility index (Phi) is 5.13. The molecule has 0 saturated heterocycles. The molecule has 0 bridgehead atoms. The van der Waals surface area contributed by atoms with Crippen LogP contribution >= 0.6 is 0 Å². The number of hydrogen-bond acceptors (Lipinski definition) is 2. The molecule has 2 N–H and O–H groups in total. The predicted molar refractivity (Wildman–Crippen MR) is 73.2 cm³/mol. The van der Waals surface area contributed by atoms with E-state index in [9.17, 15) is 9.18 Å². The molecule has 1 atom stereocenters. The lowest BCUT2D eigenvalue weighted by molar-refractivity contribution is -0.114. The maximum Gasteiger partial charge on any atom is 0.221 e. The van der Waals surface area contributed by atoms with Gasteiger partial charge in [0, 0.05) is 18.7 Å². The molecule has 1 aromatic rings. The Hall–Kier alpha value is -1.58. The third kappa shape index (κ3) is 4.73. The minimum absolute atomic E-state index is 0.212. The number of halogens is 1. The number of benzene rings is 1. The number of nitrogens with one attached hydrogen (secondary N) is 2. The van der Waals surface area contributed by atoms with Crippen LogP contribution in [0, 0.1) is 11.7 Å². The smallest absolute Gasteiger partial charge is 0.221 e. The molecule has 1 amide bonds. The molecule has 0 aromatic heterocycles. The van der Waals surface area contributed by atoms with Crippen molar-refractivity contribution in [2.24, 2.45) is 5.92 Å². The molecule has 3 nitrogen and oxygen atoms in total. The molecule has 1 rings (SSSR count). The van der Waals surface area contributed by atoms with Gasteiger partial charge in [-0.15, -0.1) is 0 Å². The second-order valence-electron chi connectivity index (χ2n) is 5.05. The molecule has 0 aliphatic heterocycles. The van der Waals surface area contributed by atoms with Gasteiger partial charge in [-0.2, -0.15) is 0 Å². The topological polar surface area (TPSA) is 41.1 Å². The van der Waals surface area contributed by atoms with Crippen LogP contribution in [-0.4, -0.2) is 11.9 Å². The van der Waals surface area contributed by atoms with Gasteiger partial charge in [0.05, 0.1) is 5.69 Å². The van der Waals surface area contributed by atoms with Crippen LogP contribution in [0.1, 0.15) is 34.1 Å². The van der Waals surface area contributed by atoms with E-state index in [2.05, 4.69) is 31.4 Å². The van der Waals surface area contributed by atoms with Crippen LogP contribution in [0.2, 0.25) is 0 Å². The van der Waals surface area contributed by atoms with Gasteiger partial charge in [0.2, 0.25) is 5.91 Å². The van der Waals surface area contributed by atoms with Gasteiger partial charge in [0.1, 0.15) is 5.82 Å². The van der Waals surface area contributed by atoms with Crippen molar-refractivity contribution >= 4 is 17.3 Å². The quantitative estimate of drug-likeness (QED) is 0.840. The van der Waals surface area contributed by atoms with Crippen molar-refractivity contribution in [2.45, 2.75) is 40.2 Å². The fourth-order valence-electron chi connectivity index (χ4n) is 1.95. The maximum absolute atomic E-state index is 13.4. The molecule has 18 heavy (non-hydrogen) atoms. The molecule has 1 aromatic carbocycles. The lowest BCUT2D eigenvalue weighted by Gasteiger charge is -2.18. The molecule has 1 unspecified atom stereocenters. The van der Waals surface area contributed by atoms with Crippen LogP contribution in [0.15, 0.2) is 18.2 Å². The summed E-state index contributed by atoms with van der Waals surface area (Å²) in [5.41, 5.74) is 1.03. The van der Waals surface area contributed by atoms with Crippen LogP contribution in [-0.2, 0) is 4.79 Å². The SMILES string of the molecule is CC(=O)Nc1cc(NC(C)CC(C)C)ccc1F. The highest BCUT2D eigenvalue weighted by atomic mass is 19.1. The Morgan fingerprint density at radius 2 is 2.00 bits per heavy atom. The predicted octanol–water partition coefficient (Wildman–Crippen LogP) is 3.63. The zero-order valence-electron chi connectivity index (χ0n) is 11.4. The van der Waals surface area contributed by atoms with E-state index >= 15 is 0 Å². The fraction of sp³-hybridized carbons (Fsp3) is 0.500. The molecule has 100 valence electrons. The van der Waals surface area contributed by atoms with Crippen molar-refractivity contribution in [1.29, 1.82) is 0 Å². The molecule has 0 heterocycles. The van der Waals surface area contributed by atoms with Gasteiger partial charge in [-0.1, -0.05) is 13.8 Å². The van der Waals surface area contributed by atoms with Crippen molar-refractivity contribution in [3.05, 3.63) is 24.0 Å². The summed E-state index contributed by atoms with van der Waals surface area (Å²) >= 11 is 0. The summed E-state index contributed by atoms with van der Waals surface area (Å²) in [6, 6.07) is 4.96. The molecule has 0 fully saturated rings. The summed E-state index contributed by atoms with van der Waals surface area (Å²) < 4.78 is 13.4. The van der Waals surface area contributed by atoms with E-state index in [0.717, 1.165) is 12.1 Å². The first-order chi connectivity index (χ1) is 8.38. The number of carbonyl (C=O) groups is 1. The summed E-state index contributed by atoms with van der Waals surface area (Å²) in [5, 5.41) is 5.77. The second-order valence-corrected chi connectivity index (χ2v) is 5.05. The molecule has 0 radical (unpaired) electrons. The average Bonchev–Trinajstić information content (AvgIpc) is 2.21. The summed E-state index contributed by atoms with van der Waals surface area (Å²) in [4.78, 5) is 10.9. The van der Waals surface area contributed by atoms with E-state index < -0.39 is 5.82 Å². The van der Waals surface area contributed by atoms with E-state index in [1.165, 1.54) is 13.0 Å². The minimum atomic E-state index is -0.424. The number of rotatable bonds is 5. The van der Waals surface area contributed by atoms with Gasteiger partial charge < -0.3 is 10.6 Å². The molecule has 0 aliphatic carbocycles. The number of amides is 1. The van der Waals surface area contributed by atoms with Crippen molar-refractivity contribution in [1.82, 2.24) is 0 Å². The average molecular weight is 252 g/mol. The summed E-state index contributed by atoms with van der Waals surface area (Å²) in [7, 11) is 0. The van der Waals surface area contributed by atoms with Gasteiger partial charge >= 0.3 is 0 Å². The van der Waals surface area contributed by atoms with Crippen molar-refractivity contribution in [3.8, 4) is 0 Å². The van der Waals surface area contributed by atoms with Crippen LogP contribution in [0.4, 0.5) is 15.8 Å². The zero-order valence-corrected chi connectivity index (χ0v) is 11.4. The van der Waals surface area contributed by atoms with Crippen LogP contribution in [0.3, 0.4) is 0 Å². The normalized spacial score (nSPS) is 12.3. The number of hydrogen-bond donors (Lipinski definition) is 2. The first kappa shape index (κ1) is 14.5. The van der Waals surface area contributed by atoms with E-state index in [1.807, 2.05) is 0 Å². The van der Waals surface area contributed by atoms with Gasteiger partial charge in [0.15, 0.2) is 0 Å². The van der Waals surface area contributed by atoms with Crippen LogP contribution in [0.25, 0.3) is 0 Å². The largest absolute Gasteiger partial charge is 0.383 e. The molecule has 0 aliphatic rings. The van der Waals surface area contributed by atoms with E-state index in [4.69, 9.17) is 0 Å². The number of carbonyl (C=O) groups excluding carboxylic acids is 1. The Morgan fingerprint density at radius 1 is 1.33 bits per heavy atom. The summed E-state index contributed by atoms with van der Waals surface area (Å²) in [6.45, 7) is 7.76. The Labute approximate surface area is 108 Å². The van der Waals surface area contributed by atoms with Gasteiger partial charge in [-0.25, -0.2) is 4.39 Å². The first-order valence-electron chi connectivity index (χ1n) is 6.22. The number of anilines is 2. The minimum Gasteiger partial charge on any atom is -0.383 e. The zero-order chi connectivity index (χ0) is 13.7. The third-order valence-corrected chi connectivity index (χ3v) is 2.52. The highest BCUT2D eigenvalue weighted by Crippen LogP contribution is 2.21. The Bertz CT molecular complexity index is 418. The highest BCUT2D eigenvalue weighted by molar-refractivity contribution is 5.89. The van der Waals surface area contributed by atoms with E-state index in [1.54, 1.807) is 12.1 Å². The molecule has 0 spiro atoms. The second kappa shape index (κ2) is 6.38. The monoisotopic (exact) mass is 252 g/mol. The first-order valence-corrected chi connectivity index (χ1v) is 6.22. The molecule has 0 saturated carbocycles. The van der Waals surface area contributed by atoms with Gasteiger partial charge in [0.25, 0.3) is 0 Å². The van der Waals surface area contributed by atoms with Crippen molar-refractivity contribution in [3.63, 3.8) is 0 Å². The fourth-order valence-corrected chi connectivity index (χ4v) is 1.95. The highest BCUT2D eigenvalue weighted by Gasteiger charge is 2.08. The maximum atomic E-state index is 13.4. The van der Waals surface area contributed by atoms with Crippen molar-refractivity contribution < 1.29 is 9.18 Å². The van der Waals surface area contributed by atoms with E-state index in [-0.39, 0.29) is 11.6 Å². The molecular formula is C14H21FN2O. The van der Waals surface area contributed by atoms with Gasteiger partial charge in [-0.3, -0.25) is 4.79 Å². The Morgan fingerprint density at radius 3 is 2.56 bits per heavy atom. The van der Waals surface area contributed by atoms with Crippen LogP contribution in [0.5, 0.6) is 0 Å². The van der Waals surface area contributed by atoms with E-state index in [0.29, 0.717) is 12.0 Å². The standard InChI is InChI=1S/C14H21FN2O/c1-9(2)7-10(3)16-12-5-6-13(15)14(8-12)17-11(4)18/h5-6,8-10,16H,7H2,1-4H3,(H,17,18). The summed E-state index contributed by atoms with van der Waals surface area (Å²) in [6.07, 6.45) is 1.03. The van der Waals surface area contributed by atoms with Crippen molar-refractivity contribution in [2.75, 3.05) is 10.6 Å². The molecule has 4 heteroatoms.